The number of carbonyl (C=O) groups is 1. The van der Waals surface area contributed by atoms with E-state index in [1.54, 1.807) is 0 Å². The van der Waals surface area contributed by atoms with Gasteiger partial charge in [0.2, 0.25) is 0 Å². The maximum atomic E-state index is 12.3. The molecule has 4 heteroatoms. The smallest absolute Gasteiger partial charge is 0.338 e. The second-order valence-electron chi connectivity index (χ2n) is 7.40. The molecule has 4 nitrogen and oxygen atoms in total. The molecule has 124 valence electrons. The molecule has 1 saturated heterocycles. The summed E-state index contributed by atoms with van der Waals surface area (Å²) < 4.78 is 11.1. The second kappa shape index (κ2) is 6.10. The Balaban J connectivity index is 1.84. The highest BCUT2D eigenvalue weighted by molar-refractivity contribution is 5.91. The number of benzene rings is 1. The Labute approximate surface area is 138 Å². The quantitative estimate of drug-likeness (QED) is 0.786. The summed E-state index contributed by atoms with van der Waals surface area (Å²) in [4.78, 5) is 14.7. The van der Waals surface area contributed by atoms with Gasteiger partial charge in [0.1, 0.15) is 5.60 Å². The van der Waals surface area contributed by atoms with E-state index in [9.17, 15) is 4.79 Å². The number of hydrogen-bond acceptors (Lipinski definition) is 4. The van der Waals surface area contributed by atoms with E-state index in [0.29, 0.717) is 17.6 Å². The number of fused-ring (bicyclic) bond motifs is 2. The number of rotatable bonds is 2. The van der Waals surface area contributed by atoms with Gasteiger partial charge in [-0.25, -0.2) is 4.79 Å². The second-order valence-corrected chi connectivity index (χ2v) is 7.40. The van der Waals surface area contributed by atoms with Crippen LogP contribution in [0.5, 0.6) is 0 Å². The maximum absolute atomic E-state index is 12.3. The number of nitrogens with zero attached hydrogens (tertiary/aromatic N) is 1. The van der Waals surface area contributed by atoms with E-state index in [2.05, 4.69) is 24.1 Å². The number of hydrogen-bond donors (Lipinski definition) is 0. The molecule has 2 aliphatic heterocycles. The van der Waals surface area contributed by atoms with E-state index in [-0.39, 0.29) is 5.97 Å². The topological polar surface area (TPSA) is 38.8 Å². The van der Waals surface area contributed by atoms with Crippen molar-refractivity contribution in [1.29, 1.82) is 0 Å². The minimum absolute atomic E-state index is 0.267. The summed E-state index contributed by atoms with van der Waals surface area (Å²) in [7, 11) is 2.16. The lowest BCUT2D eigenvalue weighted by molar-refractivity contribution is -0.0221. The van der Waals surface area contributed by atoms with Crippen molar-refractivity contribution >= 4 is 11.5 Å². The number of carbonyl (C=O) groups excluding carboxylic acids is 1. The van der Waals surface area contributed by atoms with Gasteiger partial charge in [0.05, 0.1) is 24.8 Å². The van der Waals surface area contributed by atoms with Crippen molar-refractivity contribution in [2.75, 3.05) is 20.3 Å². The lowest BCUT2D eigenvalue weighted by Crippen LogP contribution is -2.51. The van der Waals surface area contributed by atoms with Gasteiger partial charge in [-0.05, 0) is 57.5 Å². The Hall–Kier alpha value is -1.65. The number of esters is 1. The zero-order valence-corrected chi connectivity index (χ0v) is 14.3. The van der Waals surface area contributed by atoms with Crippen molar-refractivity contribution in [1.82, 2.24) is 4.90 Å². The minimum Gasteiger partial charge on any atom is -0.456 e. The average Bonchev–Trinajstić information content (AvgIpc) is 2.45. The Kier molecular flexibility index (Phi) is 4.30. The van der Waals surface area contributed by atoms with Crippen LogP contribution in [0.2, 0.25) is 0 Å². The lowest BCUT2D eigenvalue weighted by atomic mass is 9.89. The highest BCUT2D eigenvalue weighted by Gasteiger charge is 2.32. The van der Waals surface area contributed by atoms with Gasteiger partial charge in [0, 0.05) is 6.04 Å². The molecule has 2 unspecified atom stereocenters. The molecule has 0 spiro atoms. The third-order valence-electron chi connectivity index (χ3n) is 4.41. The molecule has 0 N–H and O–H groups in total. The lowest BCUT2D eigenvalue weighted by Gasteiger charge is -2.42. The monoisotopic (exact) mass is 315 g/mol. The molecule has 2 atom stereocenters. The van der Waals surface area contributed by atoms with Gasteiger partial charge in [-0.2, -0.15) is 0 Å². The molecular formula is C19H25NO3. The predicted molar refractivity (Wildman–Crippen MR) is 90.4 cm³/mol. The van der Waals surface area contributed by atoms with Crippen LogP contribution in [0.3, 0.4) is 0 Å². The zero-order valence-electron chi connectivity index (χ0n) is 14.3. The first-order chi connectivity index (χ1) is 10.8. The van der Waals surface area contributed by atoms with Crippen LogP contribution in [-0.4, -0.2) is 48.8 Å². The summed E-state index contributed by atoms with van der Waals surface area (Å²) in [6.45, 7) is 7.17. The van der Waals surface area contributed by atoms with Crippen molar-refractivity contribution in [3.8, 4) is 0 Å². The van der Waals surface area contributed by atoms with Crippen LogP contribution in [0, 0.1) is 0 Å². The summed E-state index contributed by atoms with van der Waals surface area (Å²) in [5.41, 5.74) is 2.54. The Morgan fingerprint density at radius 2 is 2.09 bits per heavy atom. The maximum Gasteiger partial charge on any atom is 0.338 e. The standard InChI is InChI=1S/C19H25NO3/c1-19(2,3)23-18(21)14-7-5-6-13(8-14)15-9-16-11-22-12-17(10-15)20(16)4/h5-9,16-17H,10-12H2,1-4H3. The van der Waals surface area contributed by atoms with Crippen LogP contribution >= 0.6 is 0 Å². The van der Waals surface area contributed by atoms with Crippen LogP contribution in [0.4, 0.5) is 0 Å². The zero-order chi connectivity index (χ0) is 16.6. The van der Waals surface area contributed by atoms with Crippen LogP contribution in [0.15, 0.2) is 30.3 Å². The third kappa shape index (κ3) is 3.65. The number of likely N-dealkylation sites (N-methyl/N-ethyl adjacent to an activating group) is 1. The fourth-order valence-electron chi connectivity index (χ4n) is 3.15. The van der Waals surface area contributed by atoms with Gasteiger partial charge in [0.15, 0.2) is 0 Å². The van der Waals surface area contributed by atoms with Crippen LogP contribution in [0.1, 0.15) is 43.1 Å². The molecular weight excluding hydrogens is 290 g/mol. The average molecular weight is 315 g/mol. The molecule has 2 bridgehead atoms. The van der Waals surface area contributed by atoms with E-state index in [1.807, 2.05) is 39.0 Å². The van der Waals surface area contributed by atoms with Gasteiger partial charge in [-0.3, -0.25) is 4.90 Å². The molecule has 0 amide bonds. The van der Waals surface area contributed by atoms with Crippen molar-refractivity contribution in [2.24, 2.45) is 0 Å². The molecule has 2 heterocycles. The van der Waals surface area contributed by atoms with E-state index >= 15 is 0 Å². The van der Waals surface area contributed by atoms with Crippen molar-refractivity contribution in [3.63, 3.8) is 0 Å². The summed E-state index contributed by atoms with van der Waals surface area (Å²) in [5.74, 6) is -0.267. The fourth-order valence-corrected chi connectivity index (χ4v) is 3.15. The molecule has 2 aliphatic rings. The molecule has 0 aliphatic carbocycles. The van der Waals surface area contributed by atoms with Crippen LogP contribution in [-0.2, 0) is 9.47 Å². The Morgan fingerprint density at radius 3 is 2.78 bits per heavy atom. The van der Waals surface area contributed by atoms with Gasteiger partial charge < -0.3 is 9.47 Å². The van der Waals surface area contributed by atoms with Gasteiger partial charge in [-0.15, -0.1) is 0 Å². The predicted octanol–water partition coefficient (Wildman–Crippen LogP) is 3.13. The first kappa shape index (κ1) is 16.2. The SMILES string of the molecule is CN1C2C=C(c3cccc(C(=O)OC(C)(C)C)c3)CC1COC2. The first-order valence-electron chi connectivity index (χ1n) is 8.18. The van der Waals surface area contributed by atoms with Crippen molar-refractivity contribution in [2.45, 2.75) is 44.9 Å². The third-order valence-corrected chi connectivity index (χ3v) is 4.41. The van der Waals surface area contributed by atoms with Crippen LogP contribution < -0.4 is 0 Å². The van der Waals surface area contributed by atoms with Crippen molar-refractivity contribution in [3.05, 3.63) is 41.5 Å². The van der Waals surface area contributed by atoms with E-state index in [4.69, 9.17) is 9.47 Å². The molecule has 23 heavy (non-hydrogen) atoms. The summed E-state index contributed by atoms with van der Waals surface area (Å²) >= 11 is 0. The fraction of sp³-hybridized carbons (Fsp3) is 0.526. The van der Waals surface area contributed by atoms with Gasteiger partial charge in [0.25, 0.3) is 0 Å². The molecule has 3 rings (SSSR count). The summed E-state index contributed by atoms with van der Waals surface area (Å²) in [6, 6.07) is 8.50. The molecule has 1 aromatic rings. The van der Waals surface area contributed by atoms with Gasteiger partial charge in [-0.1, -0.05) is 18.2 Å². The Morgan fingerprint density at radius 1 is 1.30 bits per heavy atom. The number of morpholine rings is 1. The highest BCUT2D eigenvalue weighted by atomic mass is 16.6. The first-order valence-corrected chi connectivity index (χ1v) is 8.18. The molecule has 1 aromatic carbocycles. The van der Waals surface area contributed by atoms with E-state index < -0.39 is 5.60 Å². The minimum atomic E-state index is -0.478. The highest BCUT2D eigenvalue weighted by Crippen LogP contribution is 2.31. The summed E-state index contributed by atoms with van der Waals surface area (Å²) in [5, 5.41) is 0. The molecule has 0 aromatic heterocycles. The van der Waals surface area contributed by atoms with E-state index in [0.717, 1.165) is 25.2 Å². The van der Waals surface area contributed by atoms with Gasteiger partial charge >= 0.3 is 5.97 Å². The normalized spacial score (nSPS) is 25.0. The van der Waals surface area contributed by atoms with Crippen LogP contribution in [0.25, 0.3) is 5.57 Å². The Bertz CT molecular complexity index is 630. The number of ether oxygens (including phenoxy) is 2. The van der Waals surface area contributed by atoms with E-state index in [1.165, 1.54) is 5.57 Å². The summed E-state index contributed by atoms with van der Waals surface area (Å²) in [6.07, 6.45) is 3.22. The molecule has 0 radical (unpaired) electrons. The molecule has 0 saturated carbocycles. The van der Waals surface area contributed by atoms with Crippen molar-refractivity contribution < 1.29 is 14.3 Å². The largest absolute Gasteiger partial charge is 0.456 e. The molecule has 1 fully saturated rings.